The molecule has 1 atom stereocenters. The van der Waals surface area contributed by atoms with Crippen LogP contribution in [-0.4, -0.2) is 44.1 Å². The van der Waals surface area contributed by atoms with E-state index >= 15 is 0 Å². The van der Waals surface area contributed by atoms with Crippen molar-refractivity contribution in [2.45, 2.75) is 38.6 Å². The van der Waals surface area contributed by atoms with Gasteiger partial charge in [-0.15, -0.1) is 0 Å². The molecule has 0 unspecified atom stereocenters. The van der Waals surface area contributed by atoms with Crippen molar-refractivity contribution in [2.75, 3.05) is 31.5 Å². The number of carbonyl (C=O) groups is 2. The normalized spacial score (nSPS) is 12.1. The average molecular weight is 445 g/mol. The molecule has 0 aliphatic rings. The largest absolute Gasteiger partial charge is 0.493 e. The SMILES string of the molecule is COc1ccc(NC(=O)[C@@H](CCSC)NC(=O)c2ccc(C(C)(C)C)cc2)cc1OC. The third kappa shape index (κ3) is 6.92. The molecule has 0 aromatic heterocycles. The Morgan fingerprint density at radius 1 is 1.00 bits per heavy atom. The monoisotopic (exact) mass is 444 g/mol. The molecule has 0 bridgehead atoms. The van der Waals surface area contributed by atoms with Crippen molar-refractivity contribution in [1.82, 2.24) is 5.32 Å². The van der Waals surface area contributed by atoms with E-state index in [1.54, 1.807) is 49.2 Å². The molecule has 2 aromatic rings. The molecule has 0 fully saturated rings. The first-order valence-corrected chi connectivity index (χ1v) is 11.5. The first-order valence-electron chi connectivity index (χ1n) is 10.1. The number of hydrogen-bond donors (Lipinski definition) is 2. The van der Waals surface area contributed by atoms with Crippen molar-refractivity contribution in [1.29, 1.82) is 0 Å². The zero-order valence-electron chi connectivity index (χ0n) is 19.1. The standard InChI is InChI=1S/C24H32N2O4S/c1-24(2,3)17-9-7-16(8-10-17)22(27)26-19(13-14-31-6)23(28)25-18-11-12-20(29-4)21(15-18)30-5/h7-12,15,19H,13-14H2,1-6H3,(H,25,28)(H,26,27)/t19-/m1/s1. The van der Waals surface area contributed by atoms with Crippen LogP contribution in [0.2, 0.25) is 0 Å². The molecule has 0 aliphatic heterocycles. The van der Waals surface area contributed by atoms with Crippen LogP contribution >= 0.6 is 11.8 Å². The van der Waals surface area contributed by atoms with Crippen LogP contribution in [0, 0.1) is 0 Å². The predicted octanol–water partition coefficient (Wildman–Crippen LogP) is 4.49. The number of carbonyl (C=O) groups excluding carboxylic acids is 2. The van der Waals surface area contributed by atoms with Gasteiger partial charge in [-0.1, -0.05) is 32.9 Å². The topological polar surface area (TPSA) is 76.7 Å². The molecule has 168 valence electrons. The Labute approximate surface area is 189 Å². The lowest BCUT2D eigenvalue weighted by molar-refractivity contribution is -0.118. The van der Waals surface area contributed by atoms with Gasteiger partial charge in [0, 0.05) is 17.3 Å². The first kappa shape index (κ1) is 24.6. The molecule has 2 aromatic carbocycles. The second kappa shape index (κ2) is 11.1. The molecule has 0 aliphatic carbocycles. The van der Waals surface area contributed by atoms with E-state index in [0.29, 0.717) is 29.2 Å². The fourth-order valence-electron chi connectivity index (χ4n) is 3.01. The second-order valence-electron chi connectivity index (χ2n) is 8.19. The van der Waals surface area contributed by atoms with Crippen LogP contribution in [0.15, 0.2) is 42.5 Å². The molecule has 31 heavy (non-hydrogen) atoms. The maximum atomic E-state index is 12.9. The van der Waals surface area contributed by atoms with E-state index in [-0.39, 0.29) is 17.2 Å². The van der Waals surface area contributed by atoms with Crippen LogP contribution in [-0.2, 0) is 10.2 Å². The lowest BCUT2D eigenvalue weighted by atomic mass is 9.86. The van der Waals surface area contributed by atoms with Crippen molar-refractivity contribution >= 4 is 29.3 Å². The lowest BCUT2D eigenvalue weighted by Crippen LogP contribution is -2.44. The quantitative estimate of drug-likeness (QED) is 0.596. The zero-order chi connectivity index (χ0) is 23.0. The van der Waals surface area contributed by atoms with Gasteiger partial charge in [0.1, 0.15) is 6.04 Å². The number of methoxy groups -OCH3 is 2. The van der Waals surface area contributed by atoms with Crippen LogP contribution < -0.4 is 20.1 Å². The smallest absolute Gasteiger partial charge is 0.251 e. The third-order valence-electron chi connectivity index (χ3n) is 4.90. The highest BCUT2D eigenvalue weighted by Crippen LogP contribution is 2.30. The predicted molar refractivity (Wildman–Crippen MR) is 128 cm³/mol. The van der Waals surface area contributed by atoms with Crippen molar-refractivity contribution in [3.63, 3.8) is 0 Å². The molecule has 2 N–H and O–H groups in total. The van der Waals surface area contributed by atoms with Crippen LogP contribution in [0.1, 0.15) is 43.1 Å². The molecule has 0 saturated heterocycles. The van der Waals surface area contributed by atoms with E-state index in [4.69, 9.17) is 9.47 Å². The maximum absolute atomic E-state index is 12.9. The summed E-state index contributed by atoms with van der Waals surface area (Å²) >= 11 is 1.62. The van der Waals surface area contributed by atoms with Gasteiger partial charge in [0.15, 0.2) is 11.5 Å². The van der Waals surface area contributed by atoms with Crippen LogP contribution in [0.3, 0.4) is 0 Å². The lowest BCUT2D eigenvalue weighted by Gasteiger charge is -2.20. The first-order chi connectivity index (χ1) is 14.7. The van der Waals surface area contributed by atoms with E-state index in [0.717, 1.165) is 11.3 Å². The maximum Gasteiger partial charge on any atom is 0.251 e. The minimum absolute atomic E-state index is 0.00912. The van der Waals surface area contributed by atoms with Gasteiger partial charge >= 0.3 is 0 Å². The van der Waals surface area contributed by atoms with Crippen molar-refractivity contribution in [3.8, 4) is 11.5 Å². The minimum atomic E-state index is -0.657. The Hall–Kier alpha value is -2.67. The van der Waals surface area contributed by atoms with E-state index in [2.05, 4.69) is 31.4 Å². The minimum Gasteiger partial charge on any atom is -0.493 e. The highest BCUT2D eigenvalue weighted by atomic mass is 32.2. The Balaban J connectivity index is 2.13. The number of thioether (sulfide) groups is 1. The van der Waals surface area contributed by atoms with Crippen LogP contribution in [0.5, 0.6) is 11.5 Å². The van der Waals surface area contributed by atoms with Gasteiger partial charge in [-0.25, -0.2) is 0 Å². The summed E-state index contributed by atoms with van der Waals surface area (Å²) in [6.07, 6.45) is 2.49. The summed E-state index contributed by atoms with van der Waals surface area (Å²) in [4.78, 5) is 25.7. The van der Waals surface area contributed by atoms with Gasteiger partial charge in [-0.2, -0.15) is 11.8 Å². The number of benzene rings is 2. The van der Waals surface area contributed by atoms with E-state index in [9.17, 15) is 9.59 Å². The molecule has 0 spiro atoms. The molecule has 2 amide bonds. The summed E-state index contributed by atoms with van der Waals surface area (Å²) < 4.78 is 10.5. The van der Waals surface area contributed by atoms with E-state index in [1.165, 1.54) is 7.11 Å². The van der Waals surface area contributed by atoms with Gasteiger partial charge < -0.3 is 20.1 Å². The number of hydrogen-bond acceptors (Lipinski definition) is 5. The molecule has 7 heteroatoms. The zero-order valence-corrected chi connectivity index (χ0v) is 19.9. The number of nitrogens with one attached hydrogen (secondary N) is 2. The summed E-state index contributed by atoms with van der Waals surface area (Å²) in [7, 11) is 3.09. The molecular weight excluding hydrogens is 412 g/mol. The summed E-state index contributed by atoms with van der Waals surface area (Å²) in [6.45, 7) is 6.37. The second-order valence-corrected chi connectivity index (χ2v) is 9.18. The summed E-state index contributed by atoms with van der Waals surface area (Å²) in [5, 5.41) is 5.74. The third-order valence-corrected chi connectivity index (χ3v) is 5.54. The molecule has 6 nitrogen and oxygen atoms in total. The molecule has 0 saturated carbocycles. The number of rotatable bonds is 9. The molecule has 2 rings (SSSR count). The molecule has 0 heterocycles. The van der Waals surface area contributed by atoms with Crippen molar-refractivity contribution in [2.24, 2.45) is 0 Å². The Morgan fingerprint density at radius 2 is 1.65 bits per heavy atom. The van der Waals surface area contributed by atoms with Gasteiger partial charge in [0.05, 0.1) is 14.2 Å². The number of amides is 2. The van der Waals surface area contributed by atoms with Gasteiger partial charge in [0.25, 0.3) is 5.91 Å². The van der Waals surface area contributed by atoms with Crippen molar-refractivity contribution in [3.05, 3.63) is 53.6 Å². The average Bonchev–Trinajstić information content (AvgIpc) is 2.75. The molecular formula is C24H32N2O4S. The fourth-order valence-corrected chi connectivity index (χ4v) is 3.48. The van der Waals surface area contributed by atoms with E-state index in [1.807, 2.05) is 18.4 Å². The summed E-state index contributed by atoms with van der Waals surface area (Å²) in [6, 6.07) is 12.0. The molecule has 0 radical (unpaired) electrons. The number of ether oxygens (including phenoxy) is 2. The fraction of sp³-hybridized carbons (Fsp3) is 0.417. The number of anilines is 1. The Bertz CT molecular complexity index is 891. The van der Waals surface area contributed by atoms with Gasteiger partial charge in [0.2, 0.25) is 5.91 Å². The highest BCUT2D eigenvalue weighted by molar-refractivity contribution is 7.98. The Morgan fingerprint density at radius 3 is 2.19 bits per heavy atom. The van der Waals surface area contributed by atoms with Gasteiger partial charge in [-0.05, 0) is 53.7 Å². The Kier molecular flexibility index (Phi) is 8.80. The van der Waals surface area contributed by atoms with Crippen molar-refractivity contribution < 1.29 is 19.1 Å². The van der Waals surface area contributed by atoms with Gasteiger partial charge in [-0.3, -0.25) is 9.59 Å². The summed E-state index contributed by atoms with van der Waals surface area (Å²) in [5.74, 6) is 1.29. The van der Waals surface area contributed by atoms with Crippen LogP contribution in [0.25, 0.3) is 0 Å². The summed E-state index contributed by atoms with van der Waals surface area (Å²) in [5.41, 5.74) is 2.26. The van der Waals surface area contributed by atoms with E-state index < -0.39 is 6.04 Å². The van der Waals surface area contributed by atoms with Crippen LogP contribution in [0.4, 0.5) is 5.69 Å². The highest BCUT2D eigenvalue weighted by Gasteiger charge is 2.22.